The molecule has 1 aromatic rings. The molecule has 0 amide bonds. The number of thioether (sulfide) groups is 1. The molecular formula is C13H21N2OS+. The van der Waals surface area contributed by atoms with Crippen LogP contribution in [0.5, 0.6) is 5.75 Å². The third kappa shape index (κ3) is 3.97. The van der Waals surface area contributed by atoms with Gasteiger partial charge in [0.2, 0.25) is 0 Å². The number of nitrogens with zero attached hydrogens (tertiary/aromatic N) is 2. The largest absolute Gasteiger partial charge is 0.493 e. The summed E-state index contributed by atoms with van der Waals surface area (Å²) < 4.78 is 7.73. The minimum Gasteiger partial charge on any atom is -0.493 e. The van der Waals surface area contributed by atoms with E-state index in [0.717, 1.165) is 10.6 Å². The molecule has 0 heterocycles. The summed E-state index contributed by atoms with van der Waals surface area (Å²) in [6.07, 6.45) is 0. The van der Waals surface area contributed by atoms with E-state index in [1.54, 1.807) is 11.8 Å². The predicted octanol–water partition coefficient (Wildman–Crippen LogP) is 2.37. The molecule has 0 fully saturated rings. The van der Waals surface area contributed by atoms with Crippen LogP contribution in [-0.2, 0) is 0 Å². The molecule has 1 aromatic carbocycles. The van der Waals surface area contributed by atoms with Crippen molar-refractivity contribution < 1.29 is 9.31 Å². The van der Waals surface area contributed by atoms with Gasteiger partial charge in [0.05, 0.1) is 39.7 Å². The smallest absolute Gasteiger partial charge is 0.312 e. The molecule has 0 bridgehead atoms. The Morgan fingerprint density at radius 2 is 1.94 bits per heavy atom. The Balaban J connectivity index is 2.98. The van der Waals surface area contributed by atoms with Gasteiger partial charge in [-0.05, 0) is 19.1 Å². The lowest BCUT2D eigenvalue weighted by atomic mass is 10.3. The molecular weight excluding hydrogens is 232 g/mol. The first-order chi connectivity index (χ1) is 8.06. The van der Waals surface area contributed by atoms with Gasteiger partial charge in [-0.1, -0.05) is 12.1 Å². The zero-order valence-electron chi connectivity index (χ0n) is 11.2. The van der Waals surface area contributed by atoms with E-state index in [1.807, 2.05) is 53.3 Å². The molecule has 0 saturated carbocycles. The fourth-order valence-electron chi connectivity index (χ4n) is 1.49. The van der Waals surface area contributed by atoms with Crippen molar-refractivity contribution in [2.75, 3.05) is 34.8 Å². The molecule has 94 valence electrons. The molecule has 17 heavy (non-hydrogen) atoms. The minimum absolute atomic E-state index is 0.691. The molecule has 0 spiro atoms. The number of amidine groups is 1. The van der Waals surface area contributed by atoms with E-state index in [9.17, 15) is 0 Å². The van der Waals surface area contributed by atoms with Crippen LogP contribution in [-0.4, -0.2) is 49.4 Å². The standard InChI is InChI=1S/C13H21N2OS/c1-6-16-11-9-7-8-10-12(11)17-13(14(2)3)15(4)5/h7-10H,6H2,1-5H3/q+1. The summed E-state index contributed by atoms with van der Waals surface area (Å²) in [7, 11) is 8.19. The maximum Gasteiger partial charge on any atom is 0.312 e. The normalized spacial score (nSPS) is 9.94. The summed E-state index contributed by atoms with van der Waals surface area (Å²) >= 11 is 1.72. The van der Waals surface area contributed by atoms with Crippen LogP contribution in [0.3, 0.4) is 0 Å². The van der Waals surface area contributed by atoms with Crippen molar-refractivity contribution in [2.24, 2.45) is 0 Å². The summed E-state index contributed by atoms with van der Waals surface area (Å²) in [5, 5.41) is 1.18. The molecule has 0 unspecified atom stereocenters. The van der Waals surface area contributed by atoms with Crippen LogP contribution in [0.4, 0.5) is 0 Å². The van der Waals surface area contributed by atoms with E-state index in [-0.39, 0.29) is 0 Å². The van der Waals surface area contributed by atoms with E-state index in [0.29, 0.717) is 6.61 Å². The Kier molecular flexibility index (Phi) is 5.35. The molecule has 0 atom stereocenters. The first kappa shape index (κ1) is 13.9. The van der Waals surface area contributed by atoms with Gasteiger partial charge in [-0.25, -0.2) is 0 Å². The summed E-state index contributed by atoms with van der Waals surface area (Å²) in [5.41, 5.74) is 0. The van der Waals surface area contributed by atoms with Crippen molar-refractivity contribution >= 4 is 16.9 Å². The van der Waals surface area contributed by atoms with Gasteiger partial charge in [0.25, 0.3) is 0 Å². The Morgan fingerprint density at radius 1 is 1.29 bits per heavy atom. The maximum absolute atomic E-state index is 5.63. The summed E-state index contributed by atoms with van der Waals surface area (Å²) in [4.78, 5) is 3.25. The van der Waals surface area contributed by atoms with Crippen LogP contribution in [0, 0.1) is 0 Å². The van der Waals surface area contributed by atoms with Crippen molar-refractivity contribution in [3.63, 3.8) is 0 Å². The lowest BCUT2D eigenvalue weighted by molar-refractivity contribution is -0.466. The summed E-state index contributed by atoms with van der Waals surface area (Å²) in [5.74, 6) is 0.946. The molecule has 0 aliphatic heterocycles. The molecule has 1 rings (SSSR count). The van der Waals surface area contributed by atoms with Gasteiger partial charge in [-0.2, -0.15) is 0 Å². The fraction of sp³-hybridized carbons (Fsp3) is 0.462. The quantitative estimate of drug-likeness (QED) is 0.356. The second-order valence-electron chi connectivity index (χ2n) is 4.05. The topological polar surface area (TPSA) is 15.5 Å². The summed E-state index contributed by atoms with van der Waals surface area (Å²) in [6, 6.07) is 8.13. The zero-order valence-corrected chi connectivity index (χ0v) is 12.0. The van der Waals surface area contributed by atoms with E-state index in [2.05, 4.69) is 15.5 Å². The fourth-order valence-corrected chi connectivity index (χ4v) is 2.43. The second-order valence-corrected chi connectivity index (χ2v) is 5.06. The number of benzene rings is 1. The van der Waals surface area contributed by atoms with Gasteiger partial charge in [-0.15, -0.1) is 0 Å². The Bertz CT molecular complexity index is 398. The number of rotatable bonds is 3. The second kappa shape index (κ2) is 6.55. The van der Waals surface area contributed by atoms with Gasteiger partial charge < -0.3 is 4.74 Å². The van der Waals surface area contributed by atoms with Crippen LogP contribution in [0.25, 0.3) is 0 Å². The average Bonchev–Trinajstić information content (AvgIpc) is 2.27. The predicted molar refractivity (Wildman–Crippen MR) is 74.3 cm³/mol. The van der Waals surface area contributed by atoms with E-state index < -0.39 is 0 Å². The van der Waals surface area contributed by atoms with Crippen LogP contribution in [0.15, 0.2) is 29.2 Å². The Hall–Kier alpha value is -1.16. The van der Waals surface area contributed by atoms with Crippen LogP contribution in [0.1, 0.15) is 6.92 Å². The van der Waals surface area contributed by atoms with Gasteiger partial charge in [0.1, 0.15) is 5.75 Å². The molecule has 0 N–H and O–H groups in total. The molecule has 3 nitrogen and oxygen atoms in total. The number of hydrogen-bond donors (Lipinski definition) is 0. The van der Waals surface area contributed by atoms with Crippen molar-refractivity contribution in [3.05, 3.63) is 24.3 Å². The lowest BCUT2D eigenvalue weighted by Crippen LogP contribution is -2.26. The number of hydrogen-bond acceptors (Lipinski definition) is 2. The van der Waals surface area contributed by atoms with Crippen molar-refractivity contribution in [1.82, 2.24) is 4.90 Å². The van der Waals surface area contributed by atoms with Gasteiger partial charge in [0.15, 0.2) is 0 Å². The van der Waals surface area contributed by atoms with E-state index in [1.165, 1.54) is 5.17 Å². The highest BCUT2D eigenvalue weighted by atomic mass is 32.2. The van der Waals surface area contributed by atoms with E-state index in [4.69, 9.17) is 4.74 Å². The van der Waals surface area contributed by atoms with Gasteiger partial charge in [0, 0.05) is 11.8 Å². The molecule has 0 aliphatic rings. The zero-order chi connectivity index (χ0) is 12.8. The lowest BCUT2D eigenvalue weighted by Gasteiger charge is -2.13. The van der Waals surface area contributed by atoms with Gasteiger partial charge >= 0.3 is 5.17 Å². The molecule has 4 heteroatoms. The third-order valence-electron chi connectivity index (χ3n) is 2.12. The highest BCUT2D eigenvalue weighted by molar-refractivity contribution is 8.13. The van der Waals surface area contributed by atoms with Crippen LogP contribution in [0.2, 0.25) is 0 Å². The summed E-state index contributed by atoms with van der Waals surface area (Å²) in [6.45, 7) is 2.70. The SMILES string of the molecule is CCOc1ccccc1SC(N(C)C)=[N+](C)C. The number of ether oxygens (including phenoxy) is 1. The first-order valence-electron chi connectivity index (χ1n) is 5.67. The maximum atomic E-state index is 5.63. The van der Waals surface area contributed by atoms with Crippen LogP contribution < -0.4 is 4.74 Å². The first-order valence-corrected chi connectivity index (χ1v) is 6.49. The van der Waals surface area contributed by atoms with Crippen molar-refractivity contribution in [2.45, 2.75) is 11.8 Å². The minimum atomic E-state index is 0.691. The molecule has 0 saturated heterocycles. The van der Waals surface area contributed by atoms with Crippen molar-refractivity contribution in [1.29, 1.82) is 0 Å². The Morgan fingerprint density at radius 3 is 2.47 bits per heavy atom. The van der Waals surface area contributed by atoms with Crippen molar-refractivity contribution in [3.8, 4) is 5.75 Å². The third-order valence-corrected chi connectivity index (χ3v) is 3.59. The van der Waals surface area contributed by atoms with Gasteiger partial charge in [-0.3, -0.25) is 9.48 Å². The highest BCUT2D eigenvalue weighted by Gasteiger charge is 2.16. The highest BCUT2D eigenvalue weighted by Crippen LogP contribution is 2.30. The molecule has 0 radical (unpaired) electrons. The molecule has 0 aliphatic carbocycles. The molecule has 0 aromatic heterocycles. The number of para-hydroxylation sites is 1. The Labute approximate surface area is 108 Å². The average molecular weight is 253 g/mol. The monoisotopic (exact) mass is 253 g/mol. The van der Waals surface area contributed by atoms with Crippen LogP contribution >= 0.6 is 11.8 Å². The van der Waals surface area contributed by atoms with E-state index >= 15 is 0 Å².